The molecule has 4 rings (SSSR count). The van der Waals surface area contributed by atoms with Crippen molar-refractivity contribution < 1.29 is 14.3 Å². The molecule has 1 atom stereocenters. The maximum Gasteiger partial charge on any atom is 0.258 e. The minimum atomic E-state index is 0.0198. The summed E-state index contributed by atoms with van der Waals surface area (Å²) >= 11 is 0. The number of aromatic nitrogens is 2. The van der Waals surface area contributed by atoms with Crippen LogP contribution >= 0.6 is 0 Å². The lowest BCUT2D eigenvalue weighted by molar-refractivity contribution is 0.0710. The number of hydrogen-bond donors (Lipinski definition) is 0. The maximum atomic E-state index is 13.2. The summed E-state index contributed by atoms with van der Waals surface area (Å²) in [5, 5.41) is 4.54. The molecule has 2 aliphatic rings. The third kappa shape index (κ3) is 2.97. The van der Waals surface area contributed by atoms with Gasteiger partial charge >= 0.3 is 0 Å². The standard InChI is InChI=1S/C19H23N3O3/c1-13-11-14(2)22(20-13)12-15-5-4-8-21(15)19(23)16-6-3-7-17-18(16)25-10-9-24-17/h3,6-7,11,15H,4-5,8-10,12H2,1-2H3. The molecule has 2 aliphatic heterocycles. The van der Waals surface area contributed by atoms with Gasteiger partial charge in [0.25, 0.3) is 5.91 Å². The molecule has 1 aromatic carbocycles. The van der Waals surface area contributed by atoms with Crippen LogP contribution in [0.25, 0.3) is 0 Å². The molecule has 1 saturated heterocycles. The average Bonchev–Trinajstić information content (AvgIpc) is 3.20. The van der Waals surface area contributed by atoms with Crippen LogP contribution < -0.4 is 9.47 Å². The van der Waals surface area contributed by atoms with E-state index >= 15 is 0 Å². The highest BCUT2D eigenvalue weighted by molar-refractivity contribution is 5.98. The first-order valence-corrected chi connectivity index (χ1v) is 8.84. The molecule has 132 valence electrons. The fraction of sp³-hybridized carbons (Fsp3) is 0.474. The van der Waals surface area contributed by atoms with E-state index in [1.54, 1.807) is 0 Å². The van der Waals surface area contributed by atoms with Crippen LogP contribution in [0, 0.1) is 13.8 Å². The number of nitrogens with zero attached hydrogens (tertiary/aromatic N) is 3. The summed E-state index contributed by atoms with van der Waals surface area (Å²) in [6.45, 7) is 6.56. The number of benzene rings is 1. The first-order chi connectivity index (χ1) is 12.1. The Morgan fingerprint density at radius 2 is 2.12 bits per heavy atom. The molecule has 2 aromatic rings. The summed E-state index contributed by atoms with van der Waals surface area (Å²) in [4.78, 5) is 15.1. The lowest BCUT2D eigenvalue weighted by atomic mass is 10.1. The van der Waals surface area contributed by atoms with Gasteiger partial charge in [-0.25, -0.2) is 0 Å². The lowest BCUT2D eigenvalue weighted by Crippen LogP contribution is -2.38. The van der Waals surface area contributed by atoms with E-state index in [9.17, 15) is 4.79 Å². The molecule has 6 nitrogen and oxygen atoms in total. The van der Waals surface area contributed by atoms with E-state index < -0.39 is 0 Å². The van der Waals surface area contributed by atoms with Crippen molar-refractivity contribution >= 4 is 5.91 Å². The predicted molar refractivity (Wildman–Crippen MR) is 93.2 cm³/mol. The number of para-hydroxylation sites is 1. The van der Waals surface area contributed by atoms with Gasteiger partial charge in [-0.3, -0.25) is 9.48 Å². The molecule has 0 bridgehead atoms. The van der Waals surface area contributed by atoms with Crippen molar-refractivity contribution in [1.82, 2.24) is 14.7 Å². The zero-order valence-electron chi connectivity index (χ0n) is 14.7. The molecule has 0 spiro atoms. The zero-order chi connectivity index (χ0) is 17.4. The van der Waals surface area contributed by atoms with Gasteiger partial charge in [0, 0.05) is 12.2 Å². The van der Waals surface area contributed by atoms with Gasteiger partial charge < -0.3 is 14.4 Å². The van der Waals surface area contributed by atoms with Crippen molar-refractivity contribution in [1.29, 1.82) is 0 Å². The van der Waals surface area contributed by atoms with E-state index in [1.165, 1.54) is 0 Å². The number of ether oxygens (including phenoxy) is 2. The van der Waals surface area contributed by atoms with Crippen LogP contribution in [0.15, 0.2) is 24.3 Å². The summed E-state index contributed by atoms with van der Waals surface area (Å²) in [6, 6.07) is 7.76. The number of carbonyl (C=O) groups is 1. The SMILES string of the molecule is Cc1cc(C)n(CC2CCCN2C(=O)c2cccc3c2OCCO3)n1. The number of rotatable bonds is 3. The van der Waals surface area contributed by atoms with Crippen LogP contribution in [0.4, 0.5) is 0 Å². The van der Waals surface area contributed by atoms with Gasteiger partial charge in [0.1, 0.15) is 13.2 Å². The number of aryl methyl sites for hydroxylation is 2. The molecule has 25 heavy (non-hydrogen) atoms. The van der Waals surface area contributed by atoms with Crippen LogP contribution in [0.5, 0.6) is 11.5 Å². The molecule has 3 heterocycles. The van der Waals surface area contributed by atoms with E-state index in [1.807, 2.05) is 34.7 Å². The van der Waals surface area contributed by atoms with Crippen molar-refractivity contribution in [3.63, 3.8) is 0 Å². The third-order valence-corrected chi connectivity index (χ3v) is 4.92. The van der Waals surface area contributed by atoms with Crippen LogP contribution in [-0.2, 0) is 6.54 Å². The molecule has 1 unspecified atom stereocenters. The van der Waals surface area contributed by atoms with Gasteiger partial charge in [0.2, 0.25) is 0 Å². The van der Waals surface area contributed by atoms with Gasteiger partial charge in [0.15, 0.2) is 11.5 Å². The fourth-order valence-corrected chi connectivity index (χ4v) is 3.75. The van der Waals surface area contributed by atoms with Gasteiger partial charge in [-0.1, -0.05) is 6.07 Å². The summed E-state index contributed by atoms with van der Waals surface area (Å²) in [5.41, 5.74) is 2.74. The minimum absolute atomic E-state index is 0.0198. The Labute approximate surface area is 147 Å². The van der Waals surface area contributed by atoms with Gasteiger partial charge in [0.05, 0.1) is 23.8 Å². The summed E-state index contributed by atoms with van der Waals surface area (Å²) in [6.07, 6.45) is 2.01. The first kappa shape index (κ1) is 16.0. The highest BCUT2D eigenvalue weighted by Gasteiger charge is 2.32. The molecular formula is C19H23N3O3. The number of amides is 1. The van der Waals surface area contributed by atoms with Crippen LogP contribution in [0.2, 0.25) is 0 Å². The largest absolute Gasteiger partial charge is 0.486 e. The van der Waals surface area contributed by atoms with Crippen LogP contribution in [0.1, 0.15) is 34.6 Å². The quantitative estimate of drug-likeness (QED) is 0.861. The highest BCUT2D eigenvalue weighted by Crippen LogP contribution is 2.35. The molecule has 0 saturated carbocycles. The zero-order valence-corrected chi connectivity index (χ0v) is 14.7. The summed E-state index contributed by atoms with van der Waals surface area (Å²) in [5.74, 6) is 1.26. The van der Waals surface area contributed by atoms with E-state index in [2.05, 4.69) is 18.1 Å². The van der Waals surface area contributed by atoms with Gasteiger partial charge in [-0.05, 0) is 44.9 Å². The maximum absolute atomic E-state index is 13.2. The van der Waals surface area contributed by atoms with Crippen molar-refractivity contribution in [2.24, 2.45) is 0 Å². The minimum Gasteiger partial charge on any atom is -0.486 e. The Bertz CT molecular complexity index is 799. The normalized spacial score (nSPS) is 19.3. The Kier molecular flexibility index (Phi) is 4.11. The average molecular weight is 341 g/mol. The molecule has 1 aromatic heterocycles. The molecule has 0 radical (unpaired) electrons. The second-order valence-electron chi connectivity index (χ2n) is 6.73. The van der Waals surface area contributed by atoms with E-state index in [0.717, 1.165) is 37.3 Å². The smallest absolute Gasteiger partial charge is 0.258 e. The lowest BCUT2D eigenvalue weighted by Gasteiger charge is -2.27. The predicted octanol–water partition coefficient (Wildman–Crippen LogP) is 2.58. The third-order valence-electron chi connectivity index (χ3n) is 4.92. The van der Waals surface area contributed by atoms with E-state index in [4.69, 9.17) is 9.47 Å². The molecule has 0 N–H and O–H groups in total. The van der Waals surface area contributed by atoms with Gasteiger partial charge in [-0.15, -0.1) is 0 Å². The molecule has 0 aliphatic carbocycles. The summed E-state index contributed by atoms with van der Waals surface area (Å²) < 4.78 is 13.3. The van der Waals surface area contributed by atoms with Crippen molar-refractivity contribution in [2.75, 3.05) is 19.8 Å². The Balaban J connectivity index is 1.58. The van der Waals surface area contributed by atoms with Gasteiger partial charge in [-0.2, -0.15) is 5.10 Å². The van der Waals surface area contributed by atoms with Crippen LogP contribution in [0.3, 0.4) is 0 Å². The number of fused-ring (bicyclic) bond motifs is 1. The Hall–Kier alpha value is -2.50. The Morgan fingerprint density at radius 1 is 1.28 bits per heavy atom. The van der Waals surface area contributed by atoms with E-state index in [0.29, 0.717) is 30.3 Å². The van der Waals surface area contributed by atoms with Crippen molar-refractivity contribution in [3.8, 4) is 11.5 Å². The first-order valence-electron chi connectivity index (χ1n) is 8.84. The fourth-order valence-electron chi connectivity index (χ4n) is 3.75. The molecule has 1 fully saturated rings. The summed E-state index contributed by atoms with van der Waals surface area (Å²) in [7, 11) is 0. The second-order valence-corrected chi connectivity index (χ2v) is 6.73. The molecule has 1 amide bonds. The van der Waals surface area contributed by atoms with Crippen molar-refractivity contribution in [2.45, 2.75) is 39.3 Å². The van der Waals surface area contributed by atoms with E-state index in [-0.39, 0.29) is 11.9 Å². The monoisotopic (exact) mass is 341 g/mol. The topological polar surface area (TPSA) is 56.6 Å². The molecular weight excluding hydrogens is 318 g/mol. The second kappa shape index (κ2) is 6.43. The highest BCUT2D eigenvalue weighted by atomic mass is 16.6. The van der Waals surface area contributed by atoms with Crippen molar-refractivity contribution in [3.05, 3.63) is 41.2 Å². The number of carbonyl (C=O) groups excluding carboxylic acids is 1. The van der Waals surface area contributed by atoms with Crippen LogP contribution in [-0.4, -0.2) is 46.4 Å². The number of hydrogen-bond acceptors (Lipinski definition) is 4. The molecule has 6 heteroatoms. The Morgan fingerprint density at radius 3 is 2.92 bits per heavy atom. The number of likely N-dealkylation sites (tertiary alicyclic amines) is 1.